The first kappa shape index (κ1) is 7.28. The van der Waals surface area contributed by atoms with Crippen molar-refractivity contribution in [2.45, 2.75) is 19.8 Å². The molecule has 0 fully saturated rings. The minimum Gasteiger partial charge on any atom is -0.227 e. The third-order valence-electron chi connectivity index (χ3n) is 1.32. The van der Waals surface area contributed by atoms with Gasteiger partial charge in [-0.3, -0.25) is 0 Å². The SMILES string of the molecule is CCCCN1[C+]=CN(N)N1. The number of nitrogens with two attached hydrogens (primary N) is 1. The molecule has 4 nitrogen and oxygen atoms in total. The lowest BCUT2D eigenvalue weighted by Gasteiger charge is -2.07. The molecule has 0 unspecified atom stereocenters. The van der Waals surface area contributed by atoms with E-state index in [1.165, 1.54) is 11.5 Å². The summed E-state index contributed by atoms with van der Waals surface area (Å²) in [6.07, 6.45) is 6.94. The molecule has 0 radical (unpaired) electrons. The predicted octanol–water partition coefficient (Wildman–Crippen LogP) is -0.0282. The van der Waals surface area contributed by atoms with Crippen LogP contribution in [-0.2, 0) is 0 Å². The molecule has 3 N–H and O–H groups in total. The summed E-state index contributed by atoms with van der Waals surface area (Å²) in [7, 11) is 0. The number of hydrogen-bond donors (Lipinski definition) is 2. The molecule has 0 saturated heterocycles. The standard InChI is InChI=1S/C6H13N4/c1-2-3-4-9-5-6-10(7)8-9/h6,8H,2-4,7H2,1H3/q+1. The van der Waals surface area contributed by atoms with Crippen molar-refractivity contribution in [2.75, 3.05) is 6.54 Å². The summed E-state index contributed by atoms with van der Waals surface area (Å²) in [6, 6.07) is 0. The van der Waals surface area contributed by atoms with E-state index >= 15 is 0 Å². The van der Waals surface area contributed by atoms with Crippen molar-refractivity contribution in [1.29, 1.82) is 0 Å². The number of nitrogens with zero attached hydrogens (tertiary/aromatic N) is 2. The Morgan fingerprint density at radius 1 is 1.70 bits per heavy atom. The Morgan fingerprint density at radius 3 is 3.00 bits per heavy atom. The fourth-order valence-corrected chi connectivity index (χ4v) is 0.760. The number of hydrazine groups is 3. The zero-order valence-corrected chi connectivity index (χ0v) is 6.17. The molecule has 0 aromatic rings. The number of hydrogen-bond acceptors (Lipinski definition) is 4. The van der Waals surface area contributed by atoms with E-state index in [9.17, 15) is 0 Å². The van der Waals surface area contributed by atoms with Crippen molar-refractivity contribution in [3.63, 3.8) is 0 Å². The summed E-state index contributed by atoms with van der Waals surface area (Å²) in [5, 5.41) is 3.22. The summed E-state index contributed by atoms with van der Waals surface area (Å²) in [4.78, 5) is 0. The van der Waals surface area contributed by atoms with Crippen LogP contribution in [0.2, 0.25) is 0 Å². The molecule has 0 aliphatic carbocycles. The van der Waals surface area contributed by atoms with Crippen molar-refractivity contribution in [3.8, 4) is 0 Å². The van der Waals surface area contributed by atoms with Gasteiger partial charge in [-0.1, -0.05) is 23.9 Å². The normalized spacial score (nSPS) is 16.2. The first-order chi connectivity index (χ1) is 4.83. The quantitative estimate of drug-likeness (QED) is 0.428. The molecule has 0 aromatic carbocycles. The summed E-state index contributed by atoms with van der Waals surface area (Å²) in [5.74, 6) is 5.36. The Hall–Kier alpha value is -0.830. The number of unbranched alkanes of at least 4 members (excludes halogenated alkanes) is 1. The van der Waals surface area contributed by atoms with Gasteiger partial charge < -0.3 is 0 Å². The lowest BCUT2D eigenvalue weighted by molar-refractivity contribution is 0.132. The fraction of sp³-hybridized carbons (Fsp3) is 0.667. The second-order valence-corrected chi connectivity index (χ2v) is 2.27. The Kier molecular flexibility index (Phi) is 2.45. The Morgan fingerprint density at radius 2 is 2.50 bits per heavy atom. The third kappa shape index (κ3) is 1.84. The van der Waals surface area contributed by atoms with E-state index in [4.69, 9.17) is 5.84 Å². The van der Waals surface area contributed by atoms with E-state index in [0.717, 1.165) is 13.0 Å². The van der Waals surface area contributed by atoms with Gasteiger partial charge in [0.2, 0.25) is 0 Å². The van der Waals surface area contributed by atoms with Gasteiger partial charge in [-0.2, -0.15) is 5.12 Å². The van der Waals surface area contributed by atoms with Gasteiger partial charge in [-0.25, -0.2) is 5.84 Å². The summed E-state index contributed by atoms with van der Waals surface area (Å²) in [5.41, 5.74) is 2.87. The molecule has 0 saturated carbocycles. The first-order valence-electron chi connectivity index (χ1n) is 3.50. The van der Waals surface area contributed by atoms with Crippen LogP contribution in [0, 0.1) is 6.20 Å². The molecule has 1 heterocycles. The average Bonchev–Trinajstić information content (AvgIpc) is 2.31. The van der Waals surface area contributed by atoms with E-state index in [-0.39, 0.29) is 0 Å². The van der Waals surface area contributed by atoms with Gasteiger partial charge in [0.05, 0.1) is 6.54 Å². The molecule has 4 heteroatoms. The molecular weight excluding hydrogens is 128 g/mol. The molecule has 1 rings (SSSR count). The van der Waals surface area contributed by atoms with Crippen molar-refractivity contribution >= 4 is 0 Å². The maximum absolute atomic E-state index is 5.36. The predicted molar refractivity (Wildman–Crippen MR) is 38.6 cm³/mol. The van der Waals surface area contributed by atoms with E-state index in [1.54, 1.807) is 6.20 Å². The molecular formula is C6H13N4+. The molecule has 1 aliphatic rings. The van der Waals surface area contributed by atoms with Gasteiger partial charge in [-0.15, -0.1) is 0 Å². The zero-order valence-electron chi connectivity index (χ0n) is 6.17. The van der Waals surface area contributed by atoms with Gasteiger partial charge in [0.15, 0.2) is 0 Å². The zero-order chi connectivity index (χ0) is 7.40. The maximum atomic E-state index is 5.36. The lowest BCUT2D eigenvalue weighted by Crippen LogP contribution is -2.43. The largest absolute Gasteiger partial charge is 0.411 e. The highest BCUT2D eigenvalue weighted by molar-refractivity contribution is 4.74. The van der Waals surface area contributed by atoms with Gasteiger partial charge in [0, 0.05) is 0 Å². The second-order valence-electron chi connectivity index (χ2n) is 2.27. The van der Waals surface area contributed by atoms with E-state index in [1.807, 2.05) is 5.01 Å². The van der Waals surface area contributed by atoms with Crippen molar-refractivity contribution in [2.24, 2.45) is 5.84 Å². The van der Waals surface area contributed by atoms with Crippen LogP contribution < -0.4 is 11.4 Å². The molecule has 0 bridgehead atoms. The lowest BCUT2D eigenvalue weighted by atomic mass is 10.3. The van der Waals surface area contributed by atoms with E-state index in [0.29, 0.717) is 0 Å². The van der Waals surface area contributed by atoms with E-state index in [2.05, 4.69) is 18.7 Å². The minimum absolute atomic E-state index is 0.959. The van der Waals surface area contributed by atoms with Crippen molar-refractivity contribution in [3.05, 3.63) is 12.4 Å². The molecule has 56 valence electrons. The molecule has 0 amide bonds. The molecule has 0 aromatic heterocycles. The van der Waals surface area contributed by atoms with Crippen molar-refractivity contribution < 1.29 is 0 Å². The smallest absolute Gasteiger partial charge is 0.227 e. The number of rotatable bonds is 3. The number of nitrogens with one attached hydrogen (secondary N) is 1. The molecule has 0 spiro atoms. The van der Waals surface area contributed by atoms with Gasteiger partial charge in [0.25, 0.3) is 0 Å². The van der Waals surface area contributed by atoms with Crippen LogP contribution in [0.15, 0.2) is 6.20 Å². The highest BCUT2D eigenvalue weighted by atomic mass is 15.8. The third-order valence-corrected chi connectivity index (χ3v) is 1.32. The van der Waals surface area contributed by atoms with Crippen LogP contribution >= 0.6 is 0 Å². The first-order valence-corrected chi connectivity index (χ1v) is 3.50. The monoisotopic (exact) mass is 141 g/mol. The Labute approximate surface area is 61.2 Å². The van der Waals surface area contributed by atoms with Crippen LogP contribution in [0.3, 0.4) is 0 Å². The highest BCUT2D eigenvalue weighted by Gasteiger charge is 2.20. The van der Waals surface area contributed by atoms with Gasteiger partial charge in [-0.05, 0) is 6.42 Å². The van der Waals surface area contributed by atoms with Crippen LogP contribution in [0.25, 0.3) is 0 Å². The maximum Gasteiger partial charge on any atom is 0.411 e. The van der Waals surface area contributed by atoms with Gasteiger partial charge in [0.1, 0.15) is 0 Å². The summed E-state index contributed by atoms with van der Waals surface area (Å²) < 4.78 is 0. The average molecular weight is 141 g/mol. The molecule has 0 atom stereocenters. The van der Waals surface area contributed by atoms with Crippen LogP contribution in [-0.4, -0.2) is 16.7 Å². The van der Waals surface area contributed by atoms with Gasteiger partial charge >= 0.3 is 12.4 Å². The minimum atomic E-state index is 0.959. The highest BCUT2D eigenvalue weighted by Crippen LogP contribution is 1.96. The van der Waals surface area contributed by atoms with Crippen LogP contribution in [0.1, 0.15) is 19.8 Å². The van der Waals surface area contributed by atoms with Crippen molar-refractivity contribution in [1.82, 2.24) is 15.7 Å². The summed E-state index contributed by atoms with van der Waals surface area (Å²) >= 11 is 0. The second kappa shape index (κ2) is 3.37. The molecule has 1 aliphatic heterocycles. The fourth-order valence-electron chi connectivity index (χ4n) is 0.760. The molecule has 10 heavy (non-hydrogen) atoms. The topological polar surface area (TPSA) is 44.5 Å². The Bertz CT molecular complexity index is 123. The summed E-state index contributed by atoms with van der Waals surface area (Å²) in [6.45, 7) is 3.11. The Balaban J connectivity index is 2.14. The van der Waals surface area contributed by atoms with Crippen LogP contribution in [0.5, 0.6) is 0 Å². The van der Waals surface area contributed by atoms with E-state index < -0.39 is 0 Å². The van der Waals surface area contributed by atoms with Crippen LogP contribution in [0.4, 0.5) is 0 Å².